The number of imide groups is 2. The number of hydrogen-bond acceptors (Lipinski definition) is 8. The molecule has 1 fully saturated rings. The lowest BCUT2D eigenvalue weighted by molar-refractivity contribution is -0.387. The number of likely N-dealkylation sites (N-methyl/N-ethyl adjacent to an activating group) is 2. The van der Waals surface area contributed by atoms with Gasteiger partial charge in [-0.05, 0) is 35.5 Å². The molecule has 0 spiro atoms. The average molecular weight is 399 g/mol. The van der Waals surface area contributed by atoms with E-state index in [2.05, 4.69) is 9.97 Å². The highest BCUT2D eigenvalue weighted by Gasteiger charge is 2.37. The van der Waals surface area contributed by atoms with Gasteiger partial charge in [-0.3, -0.25) is 29.5 Å². The van der Waals surface area contributed by atoms with E-state index in [9.17, 15) is 24.5 Å². The van der Waals surface area contributed by atoms with E-state index in [1.165, 1.54) is 50.8 Å². The molecule has 3 rings (SSSR count). The van der Waals surface area contributed by atoms with Crippen LogP contribution in [-0.2, 0) is 9.59 Å². The van der Waals surface area contributed by atoms with Gasteiger partial charge in [-0.25, -0.2) is 14.8 Å². The maximum atomic E-state index is 12.3. The first kappa shape index (κ1) is 19.2. The van der Waals surface area contributed by atoms with Crippen LogP contribution in [0.3, 0.4) is 0 Å². The predicted molar refractivity (Wildman–Crippen MR) is 98.2 cm³/mol. The van der Waals surface area contributed by atoms with Crippen LogP contribution in [0.1, 0.15) is 5.56 Å². The number of nitro groups is 1. The van der Waals surface area contributed by atoms with E-state index < -0.39 is 22.8 Å². The average Bonchev–Trinajstić information content (AvgIpc) is 2.69. The van der Waals surface area contributed by atoms with Crippen molar-refractivity contribution in [3.63, 3.8) is 0 Å². The van der Waals surface area contributed by atoms with Crippen molar-refractivity contribution in [2.45, 2.75) is 10.1 Å². The van der Waals surface area contributed by atoms with Crippen molar-refractivity contribution in [1.82, 2.24) is 19.8 Å². The van der Waals surface area contributed by atoms with Crippen LogP contribution < -0.4 is 0 Å². The maximum Gasteiger partial charge on any atom is 0.333 e. The van der Waals surface area contributed by atoms with E-state index >= 15 is 0 Å². The molecule has 1 aliphatic heterocycles. The summed E-state index contributed by atoms with van der Waals surface area (Å²) in [6.45, 7) is 0. The second kappa shape index (κ2) is 7.56. The molecule has 0 N–H and O–H groups in total. The highest BCUT2D eigenvalue weighted by molar-refractivity contribution is 7.99. The molecule has 0 aliphatic carbocycles. The van der Waals surface area contributed by atoms with Crippen LogP contribution in [0.15, 0.2) is 52.3 Å². The number of barbiturate groups is 1. The number of urea groups is 1. The number of carbonyl (C=O) groups excluding carboxylic acids is 3. The summed E-state index contributed by atoms with van der Waals surface area (Å²) in [5, 5.41) is 11.8. The van der Waals surface area contributed by atoms with Crippen molar-refractivity contribution in [3.05, 3.63) is 57.9 Å². The lowest BCUT2D eigenvalue weighted by Crippen LogP contribution is -2.52. The Balaban J connectivity index is 1.99. The molecule has 2 aromatic rings. The molecule has 0 atom stereocenters. The second-order valence-corrected chi connectivity index (χ2v) is 6.70. The standard InChI is InChI=1S/C17H13N5O5S/c1-20-14(23)11(15(24)21(2)17(20)25)8-10-4-5-13(12(9-10)22(26)27)28-16-18-6-3-7-19-16/h3-9H,1-2H3. The van der Waals surface area contributed by atoms with Crippen molar-refractivity contribution in [2.24, 2.45) is 0 Å². The van der Waals surface area contributed by atoms with Gasteiger partial charge in [-0.1, -0.05) is 6.07 Å². The smallest absolute Gasteiger partial charge is 0.268 e. The van der Waals surface area contributed by atoms with E-state index in [4.69, 9.17) is 0 Å². The summed E-state index contributed by atoms with van der Waals surface area (Å²) in [6, 6.07) is 5.15. The normalized spacial score (nSPS) is 14.5. The van der Waals surface area contributed by atoms with Gasteiger partial charge in [-0.2, -0.15) is 0 Å². The molecule has 1 aromatic carbocycles. The number of nitrogens with zero attached hydrogens (tertiary/aromatic N) is 5. The van der Waals surface area contributed by atoms with E-state index in [0.717, 1.165) is 21.6 Å². The van der Waals surface area contributed by atoms with Crippen LogP contribution in [0, 0.1) is 10.1 Å². The summed E-state index contributed by atoms with van der Waals surface area (Å²) in [4.78, 5) is 57.2. The molecule has 0 bridgehead atoms. The summed E-state index contributed by atoms with van der Waals surface area (Å²) >= 11 is 1.02. The van der Waals surface area contributed by atoms with E-state index in [1.54, 1.807) is 6.07 Å². The Labute approximate surface area is 163 Å². The Kier molecular flexibility index (Phi) is 5.18. The van der Waals surface area contributed by atoms with Gasteiger partial charge in [0.05, 0.1) is 9.82 Å². The summed E-state index contributed by atoms with van der Waals surface area (Å²) in [5.41, 5.74) is -0.205. The maximum absolute atomic E-state index is 12.3. The molecule has 0 unspecified atom stereocenters. The zero-order chi connectivity index (χ0) is 20.4. The Hall–Kier alpha value is -3.60. The van der Waals surface area contributed by atoms with Crippen LogP contribution in [0.4, 0.5) is 10.5 Å². The monoisotopic (exact) mass is 399 g/mol. The molecule has 28 heavy (non-hydrogen) atoms. The molecule has 4 amide bonds. The predicted octanol–water partition coefficient (Wildman–Crippen LogP) is 1.97. The van der Waals surface area contributed by atoms with Gasteiger partial charge in [0, 0.05) is 32.6 Å². The van der Waals surface area contributed by atoms with Gasteiger partial charge >= 0.3 is 6.03 Å². The summed E-state index contributed by atoms with van der Waals surface area (Å²) in [7, 11) is 2.51. The van der Waals surface area contributed by atoms with Gasteiger partial charge in [0.2, 0.25) is 0 Å². The summed E-state index contributed by atoms with van der Waals surface area (Å²) < 4.78 is 0. The molecular formula is C17H13N5O5S. The Bertz CT molecular complexity index is 998. The van der Waals surface area contributed by atoms with E-state index in [1.807, 2.05) is 0 Å². The fraction of sp³-hybridized carbons (Fsp3) is 0.118. The summed E-state index contributed by atoms with van der Waals surface area (Å²) in [5.74, 6) is -1.54. The molecule has 10 nitrogen and oxygen atoms in total. The summed E-state index contributed by atoms with van der Waals surface area (Å²) in [6.07, 6.45) is 4.27. The van der Waals surface area contributed by atoms with Gasteiger partial charge in [-0.15, -0.1) is 0 Å². The zero-order valence-corrected chi connectivity index (χ0v) is 15.5. The minimum Gasteiger partial charge on any atom is -0.268 e. The Morgan fingerprint density at radius 1 is 1.07 bits per heavy atom. The van der Waals surface area contributed by atoms with E-state index in [-0.39, 0.29) is 16.8 Å². The van der Waals surface area contributed by atoms with Gasteiger partial charge < -0.3 is 0 Å². The topological polar surface area (TPSA) is 127 Å². The van der Waals surface area contributed by atoms with Crippen molar-refractivity contribution in [3.8, 4) is 0 Å². The quantitative estimate of drug-likeness (QED) is 0.251. The van der Waals surface area contributed by atoms with Crippen molar-refractivity contribution < 1.29 is 19.3 Å². The number of amides is 4. The van der Waals surface area contributed by atoms with E-state index in [0.29, 0.717) is 10.1 Å². The third-order valence-electron chi connectivity index (χ3n) is 3.88. The van der Waals surface area contributed by atoms with Crippen LogP contribution in [-0.4, -0.2) is 56.6 Å². The third kappa shape index (κ3) is 3.60. The fourth-order valence-corrected chi connectivity index (χ4v) is 3.23. The first-order valence-electron chi connectivity index (χ1n) is 7.84. The van der Waals surface area contributed by atoms with Crippen molar-refractivity contribution >= 4 is 41.4 Å². The molecule has 1 aromatic heterocycles. The van der Waals surface area contributed by atoms with Crippen LogP contribution in [0.25, 0.3) is 6.08 Å². The molecular weight excluding hydrogens is 386 g/mol. The highest BCUT2D eigenvalue weighted by atomic mass is 32.2. The number of carbonyl (C=O) groups is 3. The second-order valence-electron chi connectivity index (χ2n) is 5.69. The number of rotatable bonds is 4. The van der Waals surface area contributed by atoms with Crippen LogP contribution >= 0.6 is 11.8 Å². The first-order chi connectivity index (χ1) is 13.3. The van der Waals surface area contributed by atoms with Crippen molar-refractivity contribution in [2.75, 3.05) is 14.1 Å². The third-order valence-corrected chi connectivity index (χ3v) is 4.84. The van der Waals surface area contributed by atoms with Gasteiger partial charge in [0.25, 0.3) is 17.5 Å². The molecule has 142 valence electrons. The number of hydrogen-bond donors (Lipinski definition) is 0. The minimum absolute atomic E-state index is 0.222. The lowest BCUT2D eigenvalue weighted by Gasteiger charge is -2.28. The molecule has 11 heteroatoms. The lowest BCUT2D eigenvalue weighted by atomic mass is 10.1. The largest absolute Gasteiger partial charge is 0.333 e. The molecule has 1 saturated heterocycles. The number of benzene rings is 1. The number of nitro benzene ring substituents is 1. The van der Waals surface area contributed by atoms with Crippen LogP contribution in [0.5, 0.6) is 0 Å². The molecule has 2 heterocycles. The van der Waals surface area contributed by atoms with Gasteiger partial charge in [0.15, 0.2) is 5.16 Å². The minimum atomic E-state index is -0.771. The number of aromatic nitrogens is 2. The molecule has 1 aliphatic rings. The fourth-order valence-electron chi connectivity index (χ4n) is 2.43. The van der Waals surface area contributed by atoms with Crippen molar-refractivity contribution in [1.29, 1.82) is 0 Å². The van der Waals surface area contributed by atoms with Gasteiger partial charge in [0.1, 0.15) is 5.57 Å². The van der Waals surface area contributed by atoms with Crippen LogP contribution in [0.2, 0.25) is 0 Å². The Morgan fingerprint density at radius 3 is 2.25 bits per heavy atom. The molecule has 0 saturated carbocycles. The SMILES string of the molecule is CN1C(=O)C(=Cc2ccc(Sc3ncccn3)c([N+](=O)[O-])c2)C(=O)N(C)C1=O. The molecule has 0 radical (unpaired) electrons. The highest BCUT2D eigenvalue weighted by Crippen LogP contribution is 2.34. The first-order valence-corrected chi connectivity index (χ1v) is 8.66. The zero-order valence-electron chi connectivity index (χ0n) is 14.7. The Morgan fingerprint density at radius 2 is 1.68 bits per heavy atom.